The third kappa shape index (κ3) is 1.94. The first kappa shape index (κ1) is 11.5. The van der Waals surface area contributed by atoms with Gasteiger partial charge in [0.1, 0.15) is 0 Å². The lowest BCUT2D eigenvalue weighted by atomic mass is 9.87. The van der Waals surface area contributed by atoms with E-state index in [9.17, 15) is 4.79 Å². The van der Waals surface area contributed by atoms with Crippen LogP contribution in [0.5, 0.6) is 0 Å². The molecule has 0 saturated carbocycles. The predicted molar refractivity (Wildman–Crippen MR) is 65.6 cm³/mol. The predicted octanol–water partition coefficient (Wildman–Crippen LogP) is 3.44. The van der Waals surface area contributed by atoms with E-state index in [2.05, 4.69) is 15.9 Å². The van der Waals surface area contributed by atoms with Crippen molar-refractivity contribution in [1.82, 2.24) is 4.90 Å². The Balaban J connectivity index is 2.40. The summed E-state index contributed by atoms with van der Waals surface area (Å²) in [7, 11) is 1.64. The Labute approximate surface area is 103 Å². The summed E-state index contributed by atoms with van der Waals surface area (Å²) in [5.41, 5.74) is 2.40. The van der Waals surface area contributed by atoms with Crippen LogP contribution in [-0.2, 0) is 6.42 Å². The number of fused-ring (bicyclic) bond motifs is 1. The normalized spacial score (nSPS) is 19.0. The molecule has 1 aliphatic rings. The number of nitrogens with zero attached hydrogens (tertiary/aromatic N) is 1. The van der Waals surface area contributed by atoms with E-state index in [0.29, 0.717) is 0 Å². The molecule has 1 aromatic rings. The lowest BCUT2D eigenvalue weighted by Crippen LogP contribution is -2.32. The van der Waals surface area contributed by atoms with Gasteiger partial charge in [-0.05, 0) is 36.5 Å². The zero-order valence-corrected chi connectivity index (χ0v) is 10.7. The van der Waals surface area contributed by atoms with Gasteiger partial charge in [-0.2, -0.15) is 0 Å². The maximum Gasteiger partial charge on any atom is 0.407 e. The van der Waals surface area contributed by atoms with Gasteiger partial charge in [0.15, 0.2) is 0 Å². The highest BCUT2D eigenvalue weighted by Crippen LogP contribution is 2.36. The van der Waals surface area contributed by atoms with Crippen molar-refractivity contribution in [2.24, 2.45) is 0 Å². The third-order valence-electron chi connectivity index (χ3n) is 3.19. The van der Waals surface area contributed by atoms with Crippen molar-refractivity contribution in [2.75, 3.05) is 7.05 Å². The fourth-order valence-electron chi connectivity index (χ4n) is 2.31. The number of rotatable bonds is 1. The summed E-state index contributed by atoms with van der Waals surface area (Å²) in [6.45, 7) is 0. The monoisotopic (exact) mass is 283 g/mol. The van der Waals surface area contributed by atoms with Crippen LogP contribution in [0, 0.1) is 0 Å². The van der Waals surface area contributed by atoms with Crippen LogP contribution in [-0.4, -0.2) is 23.1 Å². The van der Waals surface area contributed by atoms with Crippen molar-refractivity contribution >= 4 is 22.0 Å². The highest BCUT2D eigenvalue weighted by Gasteiger charge is 2.27. The van der Waals surface area contributed by atoms with Gasteiger partial charge >= 0.3 is 6.09 Å². The Morgan fingerprint density at radius 1 is 1.56 bits per heavy atom. The lowest BCUT2D eigenvalue weighted by molar-refractivity contribution is 0.133. The second kappa shape index (κ2) is 4.45. The summed E-state index contributed by atoms with van der Waals surface area (Å²) in [5, 5.41) is 9.04. The first-order valence-electron chi connectivity index (χ1n) is 5.34. The number of carboxylic acid groups (broad SMARTS) is 1. The Hall–Kier alpha value is -1.03. The van der Waals surface area contributed by atoms with Gasteiger partial charge in [0, 0.05) is 11.5 Å². The van der Waals surface area contributed by atoms with E-state index in [1.54, 1.807) is 7.05 Å². The highest BCUT2D eigenvalue weighted by atomic mass is 79.9. The van der Waals surface area contributed by atoms with Gasteiger partial charge in [0.2, 0.25) is 0 Å². The van der Waals surface area contributed by atoms with Gasteiger partial charge in [-0.25, -0.2) is 4.79 Å². The number of halogens is 1. The topological polar surface area (TPSA) is 40.5 Å². The summed E-state index contributed by atoms with van der Waals surface area (Å²) in [6, 6.07) is 6.01. The fraction of sp³-hybridized carbons (Fsp3) is 0.417. The molecule has 1 amide bonds. The molecule has 1 aliphatic carbocycles. The molecule has 1 atom stereocenters. The molecule has 2 rings (SSSR count). The molecule has 1 N–H and O–H groups in total. The Morgan fingerprint density at radius 2 is 2.31 bits per heavy atom. The molecule has 0 aromatic heterocycles. The molecule has 4 heteroatoms. The van der Waals surface area contributed by atoms with E-state index >= 15 is 0 Å². The fourth-order valence-corrected chi connectivity index (χ4v) is 2.89. The maximum absolute atomic E-state index is 11.0. The zero-order chi connectivity index (χ0) is 11.7. The first-order valence-corrected chi connectivity index (χ1v) is 6.13. The van der Waals surface area contributed by atoms with Crippen LogP contribution in [0.3, 0.4) is 0 Å². The van der Waals surface area contributed by atoms with Crippen molar-refractivity contribution in [2.45, 2.75) is 25.3 Å². The van der Waals surface area contributed by atoms with E-state index in [1.807, 2.05) is 18.2 Å². The molecule has 0 radical (unpaired) electrons. The van der Waals surface area contributed by atoms with E-state index in [4.69, 9.17) is 5.11 Å². The van der Waals surface area contributed by atoms with E-state index in [1.165, 1.54) is 10.5 Å². The molecule has 0 spiro atoms. The molecule has 1 unspecified atom stereocenters. The molecule has 1 aromatic carbocycles. The molecular weight excluding hydrogens is 270 g/mol. The van der Waals surface area contributed by atoms with Crippen LogP contribution in [0.4, 0.5) is 4.79 Å². The summed E-state index contributed by atoms with van der Waals surface area (Å²) in [4.78, 5) is 12.4. The van der Waals surface area contributed by atoms with Crippen molar-refractivity contribution in [1.29, 1.82) is 0 Å². The van der Waals surface area contributed by atoms with Gasteiger partial charge in [-0.1, -0.05) is 28.1 Å². The van der Waals surface area contributed by atoms with Gasteiger partial charge in [0.05, 0.1) is 6.04 Å². The molecule has 0 fully saturated rings. The minimum atomic E-state index is -0.863. The summed E-state index contributed by atoms with van der Waals surface area (Å²) in [6.07, 6.45) is 2.11. The molecular formula is C12H14BrNO2. The minimum absolute atomic E-state index is 0.00116. The van der Waals surface area contributed by atoms with E-state index in [-0.39, 0.29) is 6.04 Å². The number of hydrogen-bond acceptors (Lipinski definition) is 1. The van der Waals surface area contributed by atoms with Crippen LogP contribution < -0.4 is 0 Å². The standard InChI is InChI=1S/C12H14BrNO2/c1-14(12(15)16)11-7-3-4-8-9(11)5-2-6-10(8)13/h2,5-6,11H,3-4,7H2,1H3,(H,15,16). The molecule has 0 heterocycles. The summed E-state index contributed by atoms with van der Waals surface area (Å²) >= 11 is 3.53. The van der Waals surface area contributed by atoms with Crippen LogP contribution in [0.25, 0.3) is 0 Å². The van der Waals surface area contributed by atoms with Crippen molar-refractivity contribution in [3.63, 3.8) is 0 Å². The lowest BCUT2D eigenvalue weighted by Gasteiger charge is -2.32. The van der Waals surface area contributed by atoms with Crippen LogP contribution in [0.1, 0.15) is 30.0 Å². The van der Waals surface area contributed by atoms with E-state index in [0.717, 1.165) is 29.3 Å². The Kier molecular flexibility index (Phi) is 3.19. The molecule has 3 nitrogen and oxygen atoms in total. The molecule has 16 heavy (non-hydrogen) atoms. The zero-order valence-electron chi connectivity index (χ0n) is 9.11. The van der Waals surface area contributed by atoms with Gasteiger partial charge in [-0.3, -0.25) is 0 Å². The Morgan fingerprint density at radius 3 is 3.00 bits per heavy atom. The quantitative estimate of drug-likeness (QED) is 0.858. The summed E-state index contributed by atoms with van der Waals surface area (Å²) in [5.74, 6) is 0. The van der Waals surface area contributed by atoms with Crippen LogP contribution >= 0.6 is 15.9 Å². The Bertz CT molecular complexity index is 419. The first-order chi connectivity index (χ1) is 7.61. The van der Waals surface area contributed by atoms with Crippen LogP contribution in [0.15, 0.2) is 22.7 Å². The largest absolute Gasteiger partial charge is 0.465 e. The second-order valence-corrected chi connectivity index (χ2v) is 4.96. The number of hydrogen-bond donors (Lipinski definition) is 1. The molecule has 86 valence electrons. The second-order valence-electron chi connectivity index (χ2n) is 4.11. The van der Waals surface area contributed by atoms with Crippen LogP contribution in [0.2, 0.25) is 0 Å². The third-order valence-corrected chi connectivity index (χ3v) is 3.93. The molecule has 0 aliphatic heterocycles. The highest BCUT2D eigenvalue weighted by molar-refractivity contribution is 9.10. The number of carbonyl (C=O) groups is 1. The SMILES string of the molecule is CN(C(=O)O)C1CCCc2c(Br)cccc21. The van der Waals surface area contributed by atoms with Crippen molar-refractivity contribution < 1.29 is 9.90 Å². The van der Waals surface area contributed by atoms with E-state index < -0.39 is 6.09 Å². The molecule has 0 bridgehead atoms. The number of benzene rings is 1. The smallest absolute Gasteiger partial charge is 0.407 e. The average molecular weight is 284 g/mol. The van der Waals surface area contributed by atoms with Gasteiger partial charge < -0.3 is 10.0 Å². The van der Waals surface area contributed by atoms with Gasteiger partial charge in [-0.15, -0.1) is 0 Å². The summed E-state index contributed by atoms with van der Waals surface area (Å²) < 4.78 is 1.09. The van der Waals surface area contributed by atoms with Gasteiger partial charge in [0.25, 0.3) is 0 Å². The molecule has 0 saturated heterocycles. The minimum Gasteiger partial charge on any atom is -0.465 e. The maximum atomic E-state index is 11.0. The average Bonchev–Trinajstić information content (AvgIpc) is 2.28. The van der Waals surface area contributed by atoms with Crippen molar-refractivity contribution in [3.05, 3.63) is 33.8 Å². The van der Waals surface area contributed by atoms with Crippen molar-refractivity contribution in [3.8, 4) is 0 Å². The number of amides is 1.